The SMILES string of the molecule is CCc1cnn(CC2CCN(CCCCCCCCC(C)C)CC2)c1. The third-order valence-electron chi connectivity index (χ3n) is 5.75. The van der Waals surface area contributed by atoms with Crippen molar-refractivity contribution < 1.29 is 0 Å². The molecule has 1 aliphatic rings. The summed E-state index contributed by atoms with van der Waals surface area (Å²) in [6, 6.07) is 0. The highest BCUT2D eigenvalue weighted by atomic mass is 15.3. The highest BCUT2D eigenvalue weighted by molar-refractivity contribution is 5.02. The van der Waals surface area contributed by atoms with Crippen molar-refractivity contribution in [2.24, 2.45) is 11.8 Å². The minimum Gasteiger partial charge on any atom is -0.303 e. The Hall–Kier alpha value is -0.830. The van der Waals surface area contributed by atoms with Crippen LogP contribution in [0.15, 0.2) is 12.4 Å². The maximum absolute atomic E-state index is 4.50. The Morgan fingerprint density at radius 2 is 1.72 bits per heavy atom. The van der Waals surface area contributed by atoms with Gasteiger partial charge in [-0.05, 0) is 62.7 Å². The summed E-state index contributed by atoms with van der Waals surface area (Å²) in [6.45, 7) is 11.9. The maximum atomic E-state index is 4.50. The number of hydrogen-bond donors (Lipinski definition) is 0. The summed E-state index contributed by atoms with van der Waals surface area (Å²) in [5, 5.41) is 4.50. The van der Waals surface area contributed by atoms with Crippen LogP contribution in [-0.2, 0) is 13.0 Å². The summed E-state index contributed by atoms with van der Waals surface area (Å²) in [5.41, 5.74) is 1.36. The molecule has 1 aromatic heterocycles. The first-order chi connectivity index (χ1) is 12.2. The second-order valence-electron chi connectivity index (χ2n) is 8.51. The molecule has 1 aliphatic heterocycles. The first-order valence-corrected chi connectivity index (χ1v) is 10.9. The van der Waals surface area contributed by atoms with Gasteiger partial charge in [-0.2, -0.15) is 5.10 Å². The number of rotatable bonds is 12. The van der Waals surface area contributed by atoms with Crippen LogP contribution in [0.4, 0.5) is 0 Å². The molecular formula is C22H41N3. The molecular weight excluding hydrogens is 306 g/mol. The molecule has 0 atom stereocenters. The molecule has 0 N–H and O–H groups in total. The van der Waals surface area contributed by atoms with E-state index in [0.717, 1.165) is 24.8 Å². The highest BCUT2D eigenvalue weighted by Gasteiger charge is 2.19. The molecule has 2 rings (SSSR count). The van der Waals surface area contributed by atoms with Crippen molar-refractivity contribution in [2.45, 2.75) is 91.5 Å². The van der Waals surface area contributed by atoms with Crippen molar-refractivity contribution in [3.8, 4) is 0 Å². The quantitative estimate of drug-likeness (QED) is 0.463. The fourth-order valence-corrected chi connectivity index (χ4v) is 3.94. The van der Waals surface area contributed by atoms with E-state index < -0.39 is 0 Å². The molecule has 0 spiro atoms. The third kappa shape index (κ3) is 8.40. The molecule has 25 heavy (non-hydrogen) atoms. The van der Waals surface area contributed by atoms with E-state index in [4.69, 9.17) is 0 Å². The Kier molecular flexibility index (Phi) is 9.60. The summed E-state index contributed by atoms with van der Waals surface area (Å²) < 4.78 is 2.17. The minimum atomic E-state index is 0.821. The van der Waals surface area contributed by atoms with Gasteiger partial charge in [-0.15, -0.1) is 0 Å². The van der Waals surface area contributed by atoms with Crippen LogP contribution in [0.25, 0.3) is 0 Å². The minimum absolute atomic E-state index is 0.821. The number of likely N-dealkylation sites (tertiary alicyclic amines) is 1. The summed E-state index contributed by atoms with van der Waals surface area (Å²) in [4.78, 5) is 2.69. The maximum Gasteiger partial charge on any atom is 0.0521 e. The Labute approximate surface area is 156 Å². The average Bonchev–Trinajstić information content (AvgIpc) is 3.06. The molecule has 1 aromatic rings. The zero-order valence-corrected chi connectivity index (χ0v) is 17.1. The summed E-state index contributed by atoms with van der Waals surface area (Å²) in [7, 11) is 0. The lowest BCUT2D eigenvalue weighted by atomic mass is 9.96. The molecule has 3 heteroatoms. The molecule has 0 amide bonds. The van der Waals surface area contributed by atoms with Gasteiger partial charge in [-0.1, -0.05) is 59.3 Å². The Bertz CT molecular complexity index is 444. The van der Waals surface area contributed by atoms with Crippen LogP contribution >= 0.6 is 0 Å². The molecule has 0 aliphatic carbocycles. The van der Waals surface area contributed by atoms with Crippen LogP contribution in [0.1, 0.15) is 84.1 Å². The topological polar surface area (TPSA) is 21.1 Å². The van der Waals surface area contributed by atoms with Crippen molar-refractivity contribution in [2.75, 3.05) is 19.6 Å². The van der Waals surface area contributed by atoms with E-state index in [1.807, 2.05) is 6.20 Å². The van der Waals surface area contributed by atoms with Gasteiger partial charge in [-0.25, -0.2) is 0 Å². The van der Waals surface area contributed by atoms with Crippen LogP contribution in [0, 0.1) is 11.8 Å². The second kappa shape index (κ2) is 11.7. The van der Waals surface area contributed by atoms with Crippen molar-refractivity contribution in [1.82, 2.24) is 14.7 Å². The molecule has 0 bridgehead atoms. The molecule has 3 nitrogen and oxygen atoms in total. The van der Waals surface area contributed by atoms with E-state index >= 15 is 0 Å². The number of piperidine rings is 1. The van der Waals surface area contributed by atoms with Crippen LogP contribution < -0.4 is 0 Å². The summed E-state index contributed by atoms with van der Waals surface area (Å²) in [6.07, 6.45) is 18.0. The lowest BCUT2D eigenvalue weighted by molar-refractivity contribution is 0.168. The van der Waals surface area contributed by atoms with E-state index in [9.17, 15) is 0 Å². The van der Waals surface area contributed by atoms with Gasteiger partial charge in [0.05, 0.1) is 6.20 Å². The first-order valence-electron chi connectivity index (χ1n) is 10.9. The van der Waals surface area contributed by atoms with Gasteiger partial charge in [0.1, 0.15) is 0 Å². The van der Waals surface area contributed by atoms with Gasteiger partial charge >= 0.3 is 0 Å². The Morgan fingerprint density at radius 3 is 2.36 bits per heavy atom. The fourth-order valence-electron chi connectivity index (χ4n) is 3.94. The van der Waals surface area contributed by atoms with E-state index in [0.29, 0.717) is 0 Å². The van der Waals surface area contributed by atoms with E-state index in [2.05, 4.69) is 41.6 Å². The van der Waals surface area contributed by atoms with E-state index in [1.54, 1.807) is 0 Å². The second-order valence-corrected chi connectivity index (χ2v) is 8.51. The monoisotopic (exact) mass is 347 g/mol. The predicted octanol–water partition coefficient (Wildman–Crippen LogP) is 5.54. The van der Waals surface area contributed by atoms with Crippen molar-refractivity contribution in [3.05, 3.63) is 18.0 Å². The highest BCUT2D eigenvalue weighted by Crippen LogP contribution is 2.20. The number of hydrogen-bond acceptors (Lipinski definition) is 2. The van der Waals surface area contributed by atoms with Crippen molar-refractivity contribution >= 4 is 0 Å². The molecule has 1 fully saturated rings. The van der Waals surface area contributed by atoms with Crippen molar-refractivity contribution in [1.29, 1.82) is 0 Å². The third-order valence-corrected chi connectivity index (χ3v) is 5.75. The zero-order chi connectivity index (χ0) is 17.9. The standard InChI is InChI=1S/C22H41N3/c1-4-21-17-23-25(18-21)19-22-12-15-24(16-13-22)14-10-8-6-5-7-9-11-20(2)3/h17-18,20,22H,4-16,19H2,1-3H3. The predicted molar refractivity (Wildman–Crippen MR) is 108 cm³/mol. The first kappa shape index (κ1) is 20.5. The smallest absolute Gasteiger partial charge is 0.0521 e. The number of aryl methyl sites for hydroxylation is 1. The van der Waals surface area contributed by atoms with Gasteiger partial charge in [0.25, 0.3) is 0 Å². The summed E-state index contributed by atoms with van der Waals surface area (Å²) >= 11 is 0. The number of unbranched alkanes of at least 4 members (excludes halogenated alkanes) is 5. The molecule has 144 valence electrons. The van der Waals surface area contributed by atoms with Crippen LogP contribution in [-0.4, -0.2) is 34.3 Å². The normalized spacial score (nSPS) is 16.8. The van der Waals surface area contributed by atoms with Crippen molar-refractivity contribution in [3.63, 3.8) is 0 Å². The zero-order valence-electron chi connectivity index (χ0n) is 17.1. The number of aromatic nitrogens is 2. The summed E-state index contributed by atoms with van der Waals surface area (Å²) in [5.74, 6) is 1.70. The van der Waals surface area contributed by atoms with Gasteiger partial charge in [0, 0.05) is 12.7 Å². The average molecular weight is 348 g/mol. The van der Waals surface area contributed by atoms with Crippen LogP contribution in [0.2, 0.25) is 0 Å². The molecule has 1 saturated heterocycles. The van der Waals surface area contributed by atoms with Gasteiger partial charge in [-0.3, -0.25) is 4.68 Å². The Morgan fingerprint density at radius 1 is 1.04 bits per heavy atom. The van der Waals surface area contributed by atoms with Gasteiger partial charge in [0.15, 0.2) is 0 Å². The van der Waals surface area contributed by atoms with Gasteiger partial charge < -0.3 is 4.90 Å². The molecule has 0 aromatic carbocycles. The lowest BCUT2D eigenvalue weighted by Gasteiger charge is -2.31. The van der Waals surface area contributed by atoms with E-state index in [-0.39, 0.29) is 0 Å². The van der Waals surface area contributed by atoms with Crippen LogP contribution in [0.3, 0.4) is 0 Å². The fraction of sp³-hybridized carbons (Fsp3) is 0.864. The molecule has 0 unspecified atom stereocenters. The largest absolute Gasteiger partial charge is 0.303 e. The lowest BCUT2D eigenvalue weighted by Crippen LogP contribution is -2.35. The molecule has 0 radical (unpaired) electrons. The molecule has 2 heterocycles. The Balaban J connectivity index is 1.47. The van der Waals surface area contributed by atoms with Crippen LogP contribution in [0.5, 0.6) is 0 Å². The van der Waals surface area contributed by atoms with E-state index in [1.165, 1.54) is 83.0 Å². The van der Waals surface area contributed by atoms with Gasteiger partial charge in [0.2, 0.25) is 0 Å². The number of nitrogens with zero attached hydrogens (tertiary/aromatic N) is 3. The molecule has 0 saturated carbocycles.